The van der Waals surface area contributed by atoms with Gasteiger partial charge in [-0.3, -0.25) is 0 Å². The first kappa shape index (κ1) is 24.8. The molecule has 0 saturated heterocycles. The lowest BCUT2D eigenvalue weighted by molar-refractivity contribution is 0.304. The quantitative estimate of drug-likeness (QED) is 0.269. The van der Waals surface area contributed by atoms with Crippen molar-refractivity contribution in [3.05, 3.63) is 24.3 Å². The third kappa shape index (κ3) is 17.6. The van der Waals surface area contributed by atoms with Gasteiger partial charge in [-0.25, -0.2) is 0 Å². The van der Waals surface area contributed by atoms with Crippen molar-refractivity contribution < 1.29 is 4.74 Å². The fourth-order valence-corrected chi connectivity index (χ4v) is 2.74. The van der Waals surface area contributed by atoms with Crippen molar-refractivity contribution in [1.29, 1.82) is 0 Å². The normalized spacial score (nSPS) is 10.3. The average molecular weight is 365 g/mol. The summed E-state index contributed by atoms with van der Waals surface area (Å²) in [4.78, 5) is 0. The van der Waals surface area contributed by atoms with Crippen molar-refractivity contribution in [2.24, 2.45) is 5.73 Å². The van der Waals surface area contributed by atoms with Crippen LogP contribution in [0.5, 0.6) is 5.75 Å². The molecule has 0 aliphatic heterocycles. The van der Waals surface area contributed by atoms with Crippen LogP contribution in [-0.2, 0) is 0 Å². The predicted octanol–water partition coefficient (Wildman–Crippen LogP) is 6.70. The fraction of sp³-hybridized carbons (Fsp3) is 0.739. The molecule has 0 heterocycles. The van der Waals surface area contributed by atoms with E-state index >= 15 is 0 Å². The summed E-state index contributed by atoms with van der Waals surface area (Å²) in [5, 5.41) is 0. The third-order valence-electron chi connectivity index (χ3n) is 4.41. The molecule has 0 fully saturated rings. The number of nitrogen functional groups attached to an aromatic ring is 1. The minimum absolute atomic E-state index is 0.771. The van der Waals surface area contributed by atoms with Gasteiger partial charge in [0.25, 0.3) is 0 Å². The van der Waals surface area contributed by atoms with E-state index in [1.165, 1.54) is 70.6 Å². The lowest BCUT2D eigenvalue weighted by Crippen LogP contribution is -1.97. The Hall–Kier alpha value is -1.22. The maximum absolute atomic E-state index is 5.72. The number of hydrogen-bond donors (Lipinski definition) is 2. The molecule has 0 atom stereocenters. The number of unbranched alkanes of at least 4 members (excludes halogenated alkanes) is 11. The maximum Gasteiger partial charge on any atom is 0.121 e. The van der Waals surface area contributed by atoms with E-state index in [-0.39, 0.29) is 0 Å². The van der Waals surface area contributed by atoms with Crippen molar-refractivity contribution in [3.8, 4) is 5.75 Å². The van der Waals surface area contributed by atoms with Crippen LogP contribution in [0.1, 0.15) is 97.3 Å². The van der Waals surface area contributed by atoms with Gasteiger partial charge < -0.3 is 16.2 Å². The Morgan fingerprint density at radius 2 is 1.23 bits per heavy atom. The molecule has 0 bridgehead atoms. The van der Waals surface area contributed by atoms with Gasteiger partial charge in [-0.15, -0.1) is 0 Å². The molecular formula is C23H44N2O. The summed E-state index contributed by atoms with van der Waals surface area (Å²) in [5.41, 5.74) is 11.5. The Balaban J connectivity index is 0.00000141. The largest absolute Gasteiger partial charge is 0.494 e. The molecule has 4 N–H and O–H groups in total. The van der Waals surface area contributed by atoms with Crippen LogP contribution in [0.15, 0.2) is 24.3 Å². The van der Waals surface area contributed by atoms with Gasteiger partial charge in [-0.1, -0.05) is 90.5 Å². The van der Waals surface area contributed by atoms with Crippen molar-refractivity contribution in [1.82, 2.24) is 0 Å². The highest BCUT2D eigenvalue weighted by atomic mass is 16.5. The maximum atomic E-state index is 5.72. The summed E-state index contributed by atoms with van der Waals surface area (Å²) < 4.78 is 5.70. The van der Waals surface area contributed by atoms with Crippen LogP contribution in [0.25, 0.3) is 0 Å². The molecule has 1 aromatic rings. The van der Waals surface area contributed by atoms with Crippen LogP contribution in [0.3, 0.4) is 0 Å². The zero-order chi connectivity index (χ0) is 19.3. The second-order valence-electron chi connectivity index (χ2n) is 7.10. The molecule has 26 heavy (non-hydrogen) atoms. The Morgan fingerprint density at radius 1 is 0.731 bits per heavy atom. The van der Waals surface area contributed by atoms with E-state index in [0.717, 1.165) is 37.4 Å². The summed E-state index contributed by atoms with van der Waals surface area (Å²) >= 11 is 0. The summed E-state index contributed by atoms with van der Waals surface area (Å²) in [5.74, 6) is 0.892. The van der Waals surface area contributed by atoms with Crippen molar-refractivity contribution in [3.63, 3.8) is 0 Å². The molecule has 3 nitrogen and oxygen atoms in total. The standard InChI is InChI=1S/C20H35NO.C3H9N/c1-2-3-4-5-6-7-8-9-10-11-12-13-17-22-20-16-14-15-19(21)18-20;1-2-3-4/h14-16,18H,2-13,17,21H2,1H3;2-4H2,1H3. The number of rotatable bonds is 15. The average Bonchev–Trinajstić information content (AvgIpc) is 2.66. The molecule has 1 aromatic carbocycles. The third-order valence-corrected chi connectivity index (χ3v) is 4.41. The molecule has 0 aliphatic carbocycles. The summed E-state index contributed by atoms with van der Waals surface area (Å²) in [6.45, 7) is 5.96. The van der Waals surface area contributed by atoms with Crippen LogP contribution >= 0.6 is 0 Å². The van der Waals surface area contributed by atoms with E-state index in [9.17, 15) is 0 Å². The van der Waals surface area contributed by atoms with Gasteiger partial charge in [-0.05, 0) is 31.5 Å². The lowest BCUT2D eigenvalue weighted by Gasteiger charge is -2.06. The molecule has 1 rings (SSSR count). The number of ether oxygens (including phenoxy) is 1. The Bertz CT molecular complexity index is 394. The Labute approximate surface area is 162 Å². The lowest BCUT2D eigenvalue weighted by atomic mass is 10.1. The number of anilines is 1. The molecule has 0 aliphatic rings. The predicted molar refractivity (Wildman–Crippen MR) is 117 cm³/mol. The highest BCUT2D eigenvalue weighted by Crippen LogP contribution is 2.15. The first-order chi connectivity index (χ1) is 12.7. The van der Waals surface area contributed by atoms with Crippen LogP contribution in [0.2, 0.25) is 0 Å². The van der Waals surface area contributed by atoms with Crippen molar-refractivity contribution in [2.75, 3.05) is 18.9 Å². The molecule has 3 heteroatoms. The molecule has 0 amide bonds. The van der Waals surface area contributed by atoms with E-state index in [4.69, 9.17) is 16.2 Å². The van der Waals surface area contributed by atoms with E-state index in [1.807, 2.05) is 24.3 Å². The van der Waals surface area contributed by atoms with Crippen LogP contribution in [-0.4, -0.2) is 13.2 Å². The fourth-order valence-electron chi connectivity index (χ4n) is 2.74. The molecule has 152 valence electrons. The van der Waals surface area contributed by atoms with Crippen molar-refractivity contribution in [2.45, 2.75) is 97.3 Å². The SMILES string of the molecule is CCCCCCCCCCCCCCOc1cccc(N)c1.CCCN. The monoisotopic (exact) mass is 364 g/mol. The Kier molecular flexibility index (Phi) is 19.2. The minimum Gasteiger partial charge on any atom is -0.494 e. The highest BCUT2D eigenvalue weighted by molar-refractivity contribution is 5.43. The van der Waals surface area contributed by atoms with Gasteiger partial charge >= 0.3 is 0 Å². The summed E-state index contributed by atoms with van der Waals surface area (Å²) in [6, 6.07) is 7.68. The molecule has 0 unspecified atom stereocenters. The van der Waals surface area contributed by atoms with Gasteiger partial charge in [0.05, 0.1) is 6.61 Å². The Morgan fingerprint density at radius 3 is 1.69 bits per heavy atom. The van der Waals surface area contributed by atoms with E-state index in [1.54, 1.807) is 0 Å². The molecule has 0 aromatic heterocycles. The van der Waals surface area contributed by atoms with E-state index in [0.29, 0.717) is 0 Å². The molecule has 0 saturated carbocycles. The zero-order valence-electron chi connectivity index (χ0n) is 17.5. The summed E-state index contributed by atoms with van der Waals surface area (Å²) in [7, 11) is 0. The topological polar surface area (TPSA) is 61.3 Å². The van der Waals surface area contributed by atoms with Gasteiger partial charge in [0.1, 0.15) is 5.75 Å². The molecule has 0 radical (unpaired) electrons. The van der Waals surface area contributed by atoms with Crippen LogP contribution in [0.4, 0.5) is 5.69 Å². The van der Waals surface area contributed by atoms with E-state index in [2.05, 4.69) is 13.8 Å². The van der Waals surface area contributed by atoms with Gasteiger partial charge in [0.15, 0.2) is 0 Å². The van der Waals surface area contributed by atoms with Crippen LogP contribution in [0, 0.1) is 0 Å². The second-order valence-corrected chi connectivity index (χ2v) is 7.10. The van der Waals surface area contributed by atoms with Gasteiger partial charge in [0, 0.05) is 11.8 Å². The first-order valence-corrected chi connectivity index (χ1v) is 10.9. The minimum atomic E-state index is 0.771. The summed E-state index contributed by atoms with van der Waals surface area (Å²) in [6.07, 6.45) is 17.6. The van der Waals surface area contributed by atoms with E-state index < -0.39 is 0 Å². The highest BCUT2D eigenvalue weighted by Gasteiger charge is 1.96. The van der Waals surface area contributed by atoms with Gasteiger partial charge in [0.2, 0.25) is 0 Å². The molecular weight excluding hydrogens is 320 g/mol. The second kappa shape index (κ2) is 20.1. The number of benzene rings is 1. The smallest absolute Gasteiger partial charge is 0.121 e. The van der Waals surface area contributed by atoms with Crippen LogP contribution < -0.4 is 16.2 Å². The van der Waals surface area contributed by atoms with Gasteiger partial charge in [-0.2, -0.15) is 0 Å². The zero-order valence-corrected chi connectivity index (χ0v) is 17.5. The molecule has 0 spiro atoms. The van der Waals surface area contributed by atoms with Crippen molar-refractivity contribution >= 4 is 5.69 Å². The number of hydrogen-bond acceptors (Lipinski definition) is 3. The number of nitrogens with two attached hydrogens (primary N) is 2. The first-order valence-electron chi connectivity index (χ1n) is 10.9.